The van der Waals surface area contributed by atoms with Gasteiger partial charge in [-0.2, -0.15) is 13.2 Å². The number of hydrogen-bond acceptors (Lipinski definition) is 3. The number of carbonyl (C=O) groups excluding carboxylic acids is 1. The molecule has 0 aliphatic carbocycles. The van der Waals surface area contributed by atoms with E-state index in [4.69, 9.17) is 10.2 Å². The SMILES string of the molecule is O=C(O)CCC(=O)NC(CC(=O)O)Cc1ccc(-c2ccccc2C(F)(F)F)cc1. The topological polar surface area (TPSA) is 104 Å². The van der Waals surface area contributed by atoms with Crippen molar-refractivity contribution in [3.63, 3.8) is 0 Å². The molecule has 0 aromatic heterocycles. The predicted octanol–water partition coefficient (Wildman–Crippen LogP) is 3.74. The highest BCUT2D eigenvalue weighted by molar-refractivity contribution is 5.81. The number of benzene rings is 2. The monoisotopic (exact) mass is 423 g/mol. The highest BCUT2D eigenvalue weighted by Crippen LogP contribution is 2.36. The second-order valence-electron chi connectivity index (χ2n) is 6.70. The number of carbonyl (C=O) groups is 3. The summed E-state index contributed by atoms with van der Waals surface area (Å²) in [4.78, 5) is 33.4. The molecule has 0 bridgehead atoms. The normalized spacial score (nSPS) is 12.2. The molecule has 30 heavy (non-hydrogen) atoms. The van der Waals surface area contributed by atoms with Gasteiger partial charge in [-0.05, 0) is 29.2 Å². The second-order valence-corrected chi connectivity index (χ2v) is 6.70. The van der Waals surface area contributed by atoms with Crippen LogP contribution in [0, 0.1) is 0 Å². The van der Waals surface area contributed by atoms with Crippen molar-refractivity contribution in [1.82, 2.24) is 5.32 Å². The van der Waals surface area contributed by atoms with Crippen LogP contribution in [0.15, 0.2) is 48.5 Å². The molecule has 9 heteroatoms. The Hall–Kier alpha value is -3.36. The fourth-order valence-electron chi connectivity index (χ4n) is 2.99. The van der Waals surface area contributed by atoms with Crippen LogP contribution in [0.1, 0.15) is 30.4 Å². The van der Waals surface area contributed by atoms with Crippen molar-refractivity contribution < 1.29 is 37.8 Å². The maximum atomic E-state index is 13.2. The zero-order valence-electron chi connectivity index (χ0n) is 15.8. The second kappa shape index (κ2) is 9.91. The van der Waals surface area contributed by atoms with Gasteiger partial charge in [0.1, 0.15) is 0 Å². The minimum absolute atomic E-state index is 0.0283. The third-order valence-electron chi connectivity index (χ3n) is 4.33. The zero-order chi connectivity index (χ0) is 22.3. The van der Waals surface area contributed by atoms with E-state index in [1.165, 1.54) is 30.3 Å². The van der Waals surface area contributed by atoms with E-state index in [0.717, 1.165) is 6.07 Å². The van der Waals surface area contributed by atoms with Gasteiger partial charge in [-0.15, -0.1) is 0 Å². The number of rotatable bonds is 9. The lowest BCUT2D eigenvalue weighted by atomic mass is 9.96. The molecule has 0 aliphatic rings. The first-order valence-corrected chi connectivity index (χ1v) is 9.04. The minimum Gasteiger partial charge on any atom is -0.481 e. The summed E-state index contributed by atoms with van der Waals surface area (Å²) in [6.07, 6.45) is -5.40. The molecule has 0 saturated heterocycles. The van der Waals surface area contributed by atoms with Crippen LogP contribution in [0.25, 0.3) is 11.1 Å². The summed E-state index contributed by atoms with van der Waals surface area (Å²) >= 11 is 0. The molecule has 1 atom stereocenters. The molecule has 0 spiro atoms. The van der Waals surface area contributed by atoms with E-state index < -0.39 is 35.6 Å². The fourth-order valence-corrected chi connectivity index (χ4v) is 2.99. The maximum Gasteiger partial charge on any atom is 0.417 e. The predicted molar refractivity (Wildman–Crippen MR) is 102 cm³/mol. The number of nitrogens with one attached hydrogen (secondary N) is 1. The van der Waals surface area contributed by atoms with Gasteiger partial charge in [0.2, 0.25) is 5.91 Å². The number of carboxylic acids is 2. The molecule has 2 aromatic rings. The summed E-state index contributed by atoms with van der Waals surface area (Å²) in [5.41, 5.74) is 0.243. The van der Waals surface area contributed by atoms with Crippen LogP contribution < -0.4 is 5.32 Å². The van der Waals surface area contributed by atoms with Crippen molar-refractivity contribution in [3.8, 4) is 11.1 Å². The van der Waals surface area contributed by atoms with E-state index in [0.29, 0.717) is 11.1 Å². The Balaban J connectivity index is 2.15. The van der Waals surface area contributed by atoms with E-state index in [-0.39, 0.29) is 31.2 Å². The smallest absolute Gasteiger partial charge is 0.417 e. The molecule has 1 unspecified atom stereocenters. The molecule has 6 nitrogen and oxygen atoms in total. The van der Waals surface area contributed by atoms with Crippen LogP contribution in [0.5, 0.6) is 0 Å². The van der Waals surface area contributed by atoms with Gasteiger partial charge in [-0.25, -0.2) is 0 Å². The van der Waals surface area contributed by atoms with Crippen molar-refractivity contribution in [3.05, 3.63) is 59.7 Å². The average molecular weight is 423 g/mol. The van der Waals surface area contributed by atoms with Gasteiger partial charge >= 0.3 is 18.1 Å². The van der Waals surface area contributed by atoms with Crippen LogP contribution in [-0.4, -0.2) is 34.1 Å². The molecule has 2 aromatic carbocycles. The lowest BCUT2D eigenvalue weighted by Gasteiger charge is -2.17. The maximum absolute atomic E-state index is 13.2. The highest BCUT2D eigenvalue weighted by atomic mass is 19.4. The first-order chi connectivity index (χ1) is 14.1. The number of amides is 1. The van der Waals surface area contributed by atoms with Gasteiger partial charge in [0.15, 0.2) is 0 Å². The molecular weight excluding hydrogens is 403 g/mol. The van der Waals surface area contributed by atoms with Crippen molar-refractivity contribution in [2.24, 2.45) is 0 Å². The Kier molecular flexibility index (Phi) is 7.57. The first kappa shape index (κ1) is 22.9. The molecule has 2 rings (SSSR count). The Morgan fingerprint density at radius 2 is 1.53 bits per heavy atom. The van der Waals surface area contributed by atoms with E-state index in [1.54, 1.807) is 12.1 Å². The van der Waals surface area contributed by atoms with Crippen LogP contribution in [0.3, 0.4) is 0 Å². The molecule has 0 aliphatic heterocycles. The third-order valence-corrected chi connectivity index (χ3v) is 4.33. The van der Waals surface area contributed by atoms with E-state index in [9.17, 15) is 27.6 Å². The largest absolute Gasteiger partial charge is 0.481 e. The summed E-state index contributed by atoms with van der Waals surface area (Å²) in [5.74, 6) is -2.87. The quantitative estimate of drug-likeness (QED) is 0.570. The molecular formula is C21H20F3NO5. The Morgan fingerprint density at radius 1 is 0.900 bits per heavy atom. The molecule has 1 amide bonds. The molecule has 3 N–H and O–H groups in total. The summed E-state index contributed by atoms with van der Waals surface area (Å²) in [6.45, 7) is 0. The first-order valence-electron chi connectivity index (χ1n) is 9.04. The van der Waals surface area contributed by atoms with Crippen LogP contribution in [-0.2, 0) is 27.0 Å². The minimum atomic E-state index is -4.50. The average Bonchev–Trinajstić information content (AvgIpc) is 2.66. The van der Waals surface area contributed by atoms with Gasteiger partial charge in [-0.3, -0.25) is 14.4 Å². The number of halogens is 3. The molecule has 0 radical (unpaired) electrons. The number of alkyl halides is 3. The highest BCUT2D eigenvalue weighted by Gasteiger charge is 2.33. The summed E-state index contributed by atoms with van der Waals surface area (Å²) in [6, 6.07) is 10.6. The summed E-state index contributed by atoms with van der Waals surface area (Å²) in [5, 5.41) is 20.2. The Bertz CT molecular complexity index is 910. The van der Waals surface area contributed by atoms with Crippen molar-refractivity contribution in [2.45, 2.75) is 37.9 Å². The van der Waals surface area contributed by atoms with Crippen molar-refractivity contribution in [1.29, 1.82) is 0 Å². The Labute approximate surface area is 170 Å². The van der Waals surface area contributed by atoms with Gasteiger partial charge in [-0.1, -0.05) is 42.5 Å². The summed E-state index contributed by atoms with van der Waals surface area (Å²) < 4.78 is 39.6. The lowest BCUT2D eigenvalue weighted by Crippen LogP contribution is -2.38. The fraction of sp³-hybridized carbons (Fsp3) is 0.286. The standard InChI is InChI=1S/C21H20F3NO5/c22-21(23,24)17-4-2-1-3-16(17)14-7-5-13(6-8-14)11-15(12-20(29)30)25-18(26)9-10-19(27)28/h1-8,15H,9-12H2,(H,25,26)(H,27,28)(H,29,30). The third kappa shape index (κ3) is 6.91. The number of hydrogen-bond donors (Lipinski definition) is 3. The van der Waals surface area contributed by atoms with Gasteiger partial charge in [0.25, 0.3) is 0 Å². The van der Waals surface area contributed by atoms with E-state index in [2.05, 4.69) is 5.32 Å². The van der Waals surface area contributed by atoms with Gasteiger partial charge < -0.3 is 15.5 Å². The van der Waals surface area contributed by atoms with Gasteiger partial charge in [0, 0.05) is 12.5 Å². The summed E-state index contributed by atoms with van der Waals surface area (Å²) in [7, 11) is 0. The number of aliphatic carboxylic acids is 2. The zero-order valence-corrected chi connectivity index (χ0v) is 15.8. The van der Waals surface area contributed by atoms with Crippen LogP contribution in [0.2, 0.25) is 0 Å². The lowest BCUT2D eigenvalue weighted by molar-refractivity contribution is -0.140. The van der Waals surface area contributed by atoms with E-state index in [1.807, 2.05) is 0 Å². The van der Waals surface area contributed by atoms with Gasteiger partial charge in [0.05, 0.1) is 18.4 Å². The van der Waals surface area contributed by atoms with Crippen molar-refractivity contribution in [2.75, 3.05) is 0 Å². The van der Waals surface area contributed by atoms with E-state index >= 15 is 0 Å². The Morgan fingerprint density at radius 3 is 2.10 bits per heavy atom. The molecule has 0 saturated carbocycles. The number of carboxylic acid groups (broad SMARTS) is 2. The molecule has 0 fully saturated rings. The van der Waals surface area contributed by atoms with Crippen LogP contribution >= 0.6 is 0 Å². The molecule has 0 heterocycles. The van der Waals surface area contributed by atoms with Crippen LogP contribution in [0.4, 0.5) is 13.2 Å². The molecule has 160 valence electrons. The van der Waals surface area contributed by atoms with Crippen molar-refractivity contribution >= 4 is 17.8 Å².